The molecule has 0 bridgehead atoms. The molecule has 3 N–H and O–H groups in total. The Hall–Kier alpha value is -2.61. The third-order valence-electron chi connectivity index (χ3n) is 4.84. The van der Waals surface area contributed by atoms with Crippen molar-refractivity contribution in [2.24, 2.45) is 0 Å². The SMILES string of the molecule is Cc1cc(NS(=O)(=O)c2cc(Cl)cc(Cl)c2O)cc(C)c1Oc1ccc(O)c(C(C)C)c1. The maximum Gasteiger partial charge on any atom is 0.265 e. The van der Waals surface area contributed by atoms with Gasteiger partial charge in [-0.15, -0.1) is 0 Å². The average Bonchev–Trinajstić information content (AvgIpc) is 2.68. The number of hydrogen-bond acceptors (Lipinski definition) is 5. The molecule has 0 saturated carbocycles. The smallest absolute Gasteiger partial charge is 0.265 e. The summed E-state index contributed by atoms with van der Waals surface area (Å²) >= 11 is 11.8. The topological polar surface area (TPSA) is 95.9 Å². The van der Waals surface area contributed by atoms with Crippen LogP contribution in [-0.4, -0.2) is 18.6 Å². The molecule has 3 aromatic carbocycles. The molecule has 6 nitrogen and oxygen atoms in total. The molecular weight excluding hydrogens is 473 g/mol. The van der Waals surface area contributed by atoms with Gasteiger partial charge in [0.2, 0.25) is 0 Å². The molecule has 0 aliphatic rings. The summed E-state index contributed by atoms with van der Waals surface area (Å²) in [5.41, 5.74) is 2.43. The average molecular weight is 496 g/mol. The van der Waals surface area contributed by atoms with Gasteiger partial charge in [-0.25, -0.2) is 8.42 Å². The Kier molecular flexibility index (Phi) is 6.83. The molecule has 3 aromatic rings. The van der Waals surface area contributed by atoms with E-state index in [0.29, 0.717) is 22.6 Å². The van der Waals surface area contributed by atoms with Crippen molar-refractivity contribution in [2.45, 2.75) is 38.5 Å². The minimum atomic E-state index is -4.15. The van der Waals surface area contributed by atoms with Gasteiger partial charge in [-0.05, 0) is 73.4 Å². The van der Waals surface area contributed by atoms with Crippen LogP contribution in [0.1, 0.15) is 36.5 Å². The Morgan fingerprint density at radius 3 is 2.19 bits per heavy atom. The van der Waals surface area contributed by atoms with Gasteiger partial charge >= 0.3 is 0 Å². The van der Waals surface area contributed by atoms with Crippen molar-refractivity contribution in [1.82, 2.24) is 0 Å². The van der Waals surface area contributed by atoms with E-state index in [2.05, 4.69) is 4.72 Å². The van der Waals surface area contributed by atoms with Crippen molar-refractivity contribution in [1.29, 1.82) is 0 Å². The van der Waals surface area contributed by atoms with Crippen molar-refractivity contribution in [2.75, 3.05) is 4.72 Å². The first-order chi connectivity index (χ1) is 14.9. The highest BCUT2D eigenvalue weighted by Gasteiger charge is 2.23. The predicted octanol–water partition coefficient (Wildman–Crippen LogP) is 6.74. The van der Waals surface area contributed by atoms with Crippen LogP contribution < -0.4 is 9.46 Å². The van der Waals surface area contributed by atoms with Crippen LogP contribution in [0.3, 0.4) is 0 Å². The number of phenolic OH excluding ortho intramolecular Hbond substituents is 2. The van der Waals surface area contributed by atoms with Gasteiger partial charge in [0.1, 0.15) is 22.1 Å². The number of anilines is 1. The van der Waals surface area contributed by atoms with Crippen LogP contribution in [0.25, 0.3) is 0 Å². The first kappa shape index (κ1) is 24.0. The highest BCUT2D eigenvalue weighted by molar-refractivity contribution is 7.92. The Labute approximate surface area is 197 Å². The van der Waals surface area contributed by atoms with Crippen LogP contribution in [0.5, 0.6) is 23.0 Å². The number of halogens is 2. The van der Waals surface area contributed by atoms with E-state index in [-0.39, 0.29) is 27.4 Å². The van der Waals surface area contributed by atoms with Crippen molar-refractivity contribution < 1.29 is 23.4 Å². The van der Waals surface area contributed by atoms with E-state index < -0.39 is 20.7 Å². The molecule has 0 atom stereocenters. The maximum absolute atomic E-state index is 12.8. The monoisotopic (exact) mass is 495 g/mol. The zero-order valence-electron chi connectivity index (χ0n) is 17.9. The Morgan fingerprint density at radius 2 is 1.59 bits per heavy atom. The molecule has 170 valence electrons. The third-order valence-corrected chi connectivity index (χ3v) is 6.74. The second-order valence-electron chi connectivity index (χ2n) is 7.76. The second kappa shape index (κ2) is 9.10. The number of aryl methyl sites for hydroxylation is 2. The van der Waals surface area contributed by atoms with Crippen molar-refractivity contribution in [3.05, 3.63) is 69.2 Å². The molecule has 0 heterocycles. The summed E-state index contributed by atoms with van der Waals surface area (Å²) in [6.45, 7) is 7.53. The number of phenols is 2. The number of sulfonamides is 1. The minimum Gasteiger partial charge on any atom is -0.508 e. The molecule has 3 rings (SSSR count). The van der Waals surface area contributed by atoms with Gasteiger partial charge in [0.05, 0.1) is 5.02 Å². The normalized spacial score (nSPS) is 11.6. The highest BCUT2D eigenvalue weighted by Crippen LogP contribution is 2.37. The lowest BCUT2D eigenvalue weighted by molar-refractivity contribution is 0.452. The van der Waals surface area contributed by atoms with E-state index in [0.717, 1.165) is 11.6 Å². The van der Waals surface area contributed by atoms with E-state index in [9.17, 15) is 18.6 Å². The maximum atomic E-state index is 12.8. The summed E-state index contributed by atoms with van der Waals surface area (Å²) in [4.78, 5) is -0.420. The summed E-state index contributed by atoms with van der Waals surface area (Å²) in [6, 6.07) is 10.6. The van der Waals surface area contributed by atoms with Gasteiger partial charge in [0.25, 0.3) is 10.0 Å². The van der Waals surface area contributed by atoms with Crippen LogP contribution in [0.15, 0.2) is 47.4 Å². The highest BCUT2D eigenvalue weighted by atomic mass is 35.5. The standard InChI is InChI=1S/C23H23Cl2NO5S/c1-12(2)18-11-17(5-6-20(18)27)31-23-13(3)7-16(8-14(23)4)26-32(29,30)21-10-15(24)9-19(25)22(21)28/h5-12,26-28H,1-4H3. The lowest BCUT2D eigenvalue weighted by Gasteiger charge is -2.17. The number of aromatic hydroxyl groups is 2. The fraction of sp³-hybridized carbons (Fsp3) is 0.217. The number of ether oxygens (including phenoxy) is 1. The summed E-state index contributed by atoms with van der Waals surface area (Å²) in [7, 11) is -4.15. The zero-order valence-corrected chi connectivity index (χ0v) is 20.2. The summed E-state index contributed by atoms with van der Waals surface area (Å²) < 4.78 is 34.1. The molecule has 0 spiro atoms. The van der Waals surface area contributed by atoms with E-state index in [1.165, 1.54) is 6.07 Å². The Balaban J connectivity index is 1.92. The van der Waals surface area contributed by atoms with E-state index in [4.69, 9.17) is 27.9 Å². The van der Waals surface area contributed by atoms with Crippen molar-refractivity contribution in [3.63, 3.8) is 0 Å². The molecule has 32 heavy (non-hydrogen) atoms. The van der Waals surface area contributed by atoms with Gasteiger partial charge < -0.3 is 14.9 Å². The van der Waals surface area contributed by atoms with Crippen LogP contribution in [-0.2, 0) is 10.0 Å². The van der Waals surface area contributed by atoms with Gasteiger partial charge in [-0.3, -0.25) is 4.72 Å². The van der Waals surface area contributed by atoms with E-state index >= 15 is 0 Å². The predicted molar refractivity (Wildman–Crippen MR) is 127 cm³/mol. The molecule has 0 aliphatic carbocycles. The fourth-order valence-corrected chi connectivity index (χ4v) is 5.10. The van der Waals surface area contributed by atoms with Gasteiger partial charge in [0, 0.05) is 16.3 Å². The molecular formula is C23H23Cl2NO5S. The van der Waals surface area contributed by atoms with E-state index in [1.54, 1.807) is 44.2 Å². The summed E-state index contributed by atoms with van der Waals surface area (Å²) in [5.74, 6) is 0.876. The van der Waals surface area contributed by atoms with Crippen LogP contribution in [0, 0.1) is 13.8 Å². The van der Waals surface area contributed by atoms with Crippen LogP contribution in [0.2, 0.25) is 10.0 Å². The quantitative estimate of drug-likeness (QED) is 0.351. The number of benzene rings is 3. The van der Waals surface area contributed by atoms with E-state index in [1.807, 2.05) is 13.8 Å². The zero-order chi connectivity index (χ0) is 23.8. The largest absolute Gasteiger partial charge is 0.508 e. The van der Waals surface area contributed by atoms with Crippen LogP contribution in [0.4, 0.5) is 5.69 Å². The first-order valence-electron chi connectivity index (χ1n) is 9.72. The summed E-state index contributed by atoms with van der Waals surface area (Å²) in [6.07, 6.45) is 0. The second-order valence-corrected chi connectivity index (χ2v) is 10.3. The minimum absolute atomic E-state index is 0.0824. The van der Waals surface area contributed by atoms with Gasteiger partial charge in [-0.1, -0.05) is 37.0 Å². The molecule has 0 amide bonds. The van der Waals surface area contributed by atoms with Crippen molar-refractivity contribution >= 4 is 38.9 Å². The van der Waals surface area contributed by atoms with Crippen molar-refractivity contribution in [3.8, 4) is 23.0 Å². The van der Waals surface area contributed by atoms with Crippen LogP contribution >= 0.6 is 23.2 Å². The molecule has 0 saturated heterocycles. The fourth-order valence-electron chi connectivity index (χ4n) is 3.30. The lowest BCUT2D eigenvalue weighted by atomic mass is 10.0. The lowest BCUT2D eigenvalue weighted by Crippen LogP contribution is -2.13. The molecule has 0 fully saturated rings. The number of rotatable bonds is 6. The molecule has 0 aliphatic heterocycles. The first-order valence-corrected chi connectivity index (χ1v) is 12.0. The molecule has 0 unspecified atom stereocenters. The summed E-state index contributed by atoms with van der Waals surface area (Å²) in [5, 5.41) is 20.0. The van der Waals surface area contributed by atoms with Gasteiger partial charge in [0.15, 0.2) is 5.75 Å². The molecule has 0 aromatic heterocycles. The molecule has 9 heteroatoms. The number of nitrogens with one attached hydrogen (secondary N) is 1. The molecule has 0 radical (unpaired) electrons. The number of hydrogen-bond donors (Lipinski definition) is 3. The third kappa shape index (κ3) is 5.06. The Morgan fingerprint density at radius 1 is 0.969 bits per heavy atom. The van der Waals surface area contributed by atoms with Gasteiger partial charge in [-0.2, -0.15) is 0 Å². The Bertz CT molecular complexity index is 1270.